The number of aryl methyl sites for hydroxylation is 1. The molecule has 90 valence electrons. The molecule has 1 N–H and O–H groups in total. The van der Waals surface area contributed by atoms with Crippen molar-refractivity contribution in [1.82, 2.24) is 4.98 Å². The smallest absolute Gasteiger partial charge is 0.161 e. The SMILES string of the molecule is CNc1c(C)c(C)nc2cc(Cl)c(F)c(Cl)c12. The van der Waals surface area contributed by atoms with Crippen LogP contribution in [0.1, 0.15) is 11.3 Å². The van der Waals surface area contributed by atoms with Crippen LogP contribution in [0.25, 0.3) is 10.9 Å². The van der Waals surface area contributed by atoms with Crippen LogP contribution in [0.5, 0.6) is 0 Å². The molecule has 0 spiro atoms. The van der Waals surface area contributed by atoms with Crippen LogP contribution in [0.2, 0.25) is 10.0 Å². The van der Waals surface area contributed by atoms with E-state index in [-0.39, 0.29) is 10.0 Å². The maximum atomic E-state index is 13.7. The van der Waals surface area contributed by atoms with Crippen molar-refractivity contribution in [3.05, 3.63) is 33.2 Å². The summed E-state index contributed by atoms with van der Waals surface area (Å²) in [6.07, 6.45) is 0. The van der Waals surface area contributed by atoms with E-state index in [2.05, 4.69) is 10.3 Å². The molecule has 0 bridgehead atoms. The molecule has 1 aromatic carbocycles. The first-order valence-corrected chi connectivity index (χ1v) is 5.85. The summed E-state index contributed by atoms with van der Waals surface area (Å²) in [7, 11) is 1.77. The molecular formula is C12H11Cl2FN2. The fourth-order valence-corrected chi connectivity index (χ4v) is 2.39. The third-order valence-corrected chi connectivity index (χ3v) is 3.48. The van der Waals surface area contributed by atoms with Crippen LogP contribution in [0.15, 0.2) is 6.07 Å². The van der Waals surface area contributed by atoms with Gasteiger partial charge < -0.3 is 5.32 Å². The summed E-state index contributed by atoms with van der Waals surface area (Å²) in [5.74, 6) is -0.609. The Balaban J connectivity index is 3.02. The minimum atomic E-state index is -0.609. The van der Waals surface area contributed by atoms with E-state index < -0.39 is 5.82 Å². The molecule has 0 amide bonds. The number of nitrogens with one attached hydrogen (secondary N) is 1. The minimum absolute atomic E-state index is 0.00690. The van der Waals surface area contributed by atoms with Crippen molar-refractivity contribution in [2.24, 2.45) is 0 Å². The highest BCUT2D eigenvalue weighted by Gasteiger charge is 2.16. The van der Waals surface area contributed by atoms with Crippen molar-refractivity contribution in [1.29, 1.82) is 0 Å². The number of hydrogen-bond acceptors (Lipinski definition) is 2. The molecule has 2 nitrogen and oxygen atoms in total. The van der Waals surface area contributed by atoms with Gasteiger partial charge in [-0.1, -0.05) is 23.2 Å². The zero-order chi connectivity index (χ0) is 12.7. The van der Waals surface area contributed by atoms with Crippen molar-refractivity contribution < 1.29 is 4.39 Å². The van der Waals surface area contributed by atoms with Gasteiger partial charge in [-0.15, -0.1) is 0 Å². The first kappa shape index (κ1) is 12.4. The minimum Gasteiger partial charge on any atom is -0.387 e. The van der Waals surface area contributed by atoms with Gasteiger partial charge in [0.2, 0.25) is 0 Å². The van der Waals surface area contributed by atoms with Crippen LogP contribution in [0, 0.1) is 19.7 Å². The number of aromatic nitrogens is 1. The highest BCUT2D eigenvalue weighted by molar-refractivity contribution is 6.39. The Morgan fingerprint density at radius 2 is 1.94 bits per heavy atom. The van der Waals surface area contributed by atoms with Crippen molar-refractivity contribution in [3.8, 4) is 0 Å². The first-order valence-electron chi connectivity index (χ1n) is 5.09. The van der Waals surface area contributed by atoms with Crippen molar-refractivity contribution >= 4 is 39.8 Å². The molecule has 1 heterocycles. The van der Waals surface area contributed by atoms with Crippen molar-refractivity contribution in [2.75, 3.05) is 12.4 Å². The largest absolute Gasteiger partial charge is 0.387 e. The van der Waals surface area contributed by atoms with E-state index in [0.717, 1.165) is 16.9 Å². The molecule has 0 aliphatic heterocycles. The van der Waals surface area contributed by atoms with E-state index in [9.17, 15) is 4.39 Å². The van der Waals surface area contributed by atoms with Gasteiger partial charge in [0.05, 0.1) is 15.6 Å². The molecular weight excluding hydrogens is 262 g/mol. The number of hydrogen-bond donors (Lipinski definition) is 1. The van der Waals surface area contributed by atoms with Gasteiger partial charge in [-0.25, -0.2) is 4.39 Å². The predicted molar refractivity (Wildman–Crippen MR) is 70.7 cm³/mol. The maximum Gasteiger partial charge on any atom is 0.161 e. The zero-order valence-electron chi connectivity index (χ0n) is 9.66. The summed E-state index contributed by atoms with van der Waals surface area (Å²) >= 11 is 11.8. The Bertz CT molecular complexity index is 606. The van der Waals surface area contributed by atoms with Gasteiger partial charge in [-0.2, -0.15) is 0 Å². The van der Waals surface area contributed by atoms with Gasteiger partial charge in [0.15, 0.2) is 5.82 Å². The van der Waals surface area contributed by atoms with E-state index in [0.29, 0.717) is 10.9 Å². The van der Waals surface area contributed by atoms with Crippen LogP contribution in [0.4, 0.5) is 10.1 Å². The van der Waals surface area contributed by atoms with Gasteiger partial charge in [0, 0.05) is 23.8 Å². The second-order valence-corrected chi connectivity index (χ2v) is 4.61. The lowest BCUT2D eigenvalue weighted by molar-refractivity contribution is 0.630. The quantitative estimate of drug-likeness (QED) is 0.782. The maximum absolute atomic E-state index is 13.7. The molecule has 0 aliphatic rings. The number of nitrogens with zero attached hydrogens (tertiary/aromatic N) is 1. The number of pyridine rings is 1. The topological polar surface area (TPSA) is 24.9 Å². The second kappa shape index (κ2) is 4.31. The number of benzene rings is 1. The molecule has 0 saturated heterocycles. The average molecular weight is 273 g/mol. The van der Waals surface area contributed by atoms with Crippen molar-refractivity contribution in [3.63, 3.8) is 0 Å². The average Bonchev–Trinajstić information content (AvgIpc) is 2.29. The van der Waals surface area contributed by atoms with Crippen LogP contribution < -0.4 is 5.32 Å². The van der Waals surface area contributed by atoms with E-state index in [1.54, 1.807) is 7.05 Å². The lowest BCUT2D eigenvalue weighted by Gasteiger charge is -2.14. The summed E-state index contributed by atoms with van der Waals surface area (Å²) in [6.45, 7) is 3.80. The monoisotopic (exact) mass is 272 g/mol. The molecule has 1 aromatic heterocycles. The Hall–Kier alpha value is -1.06. The zero-order valence-corrected chi connectivity index (χ0v) is 11.2. The van der Waals surface area contributed by atoms with Gasteiger partial charge in [0.1, 0.15) is 0 Å². The van der Waals surface area contributed by atoms with Gasteiger partial charge in [0.25, 0.3) is 0 Å². The molecule has 0 unspecified atom stereocenters. The first-order chi connectivity index (χ1) is 7.97. The van der Waals surface area contributed by atoms with E-state index in [1.807, 2.05) is 13.8 Å². The van der Waals surface area contributed by atoms with E-state index in [1.165, 1.54) is 6.07 Å². The molecule has 0 saturated carbocycles. The van der Waals surface area contributed by atoms with Crippen LogP contribution >= 0.6 is 23.2 Å². The Morgan fingerprint density at radius 1 is 1.29 bits per heavy atom. The molecule has 0 radical (unpaired) electrons. The lowest BCUT2D eigenvalue weighted by atomic mass is 10.1. The Morgan fingerprint density at radius 3 is 2.53 bits per heavy atom. The summed E-state index contributed by atoms with van der Waals surface area (Å²) in [5.41, 5.74) is 3.19. The molecule has 0 aliphatic carbocycles. The lowest BCUT2D eigenvalue weighted by Crippen LogP contribution is -2.00. The summed E-state index contributed by atoms with van der Waals surface area (Å²) in [6, 6.07) is 1.49. The van der Waals surface area contributed by atoms with Crippen molar-refractivity contribution in [2.45, 2.75) is 13.8 Å². The molecule has 0 fully saturated rings. The molecule has 0 atom stereocenters. The van der Waals surface area contributed by atoms with Gasteiger partial charge in [-0.05, 0) is 25.5 Å². The fourth-order valence-electron chi connectivity index (χ4n) is 1.85. The third-order valence-electron chi connectivity index (χ3n) is 2.85. The third kappa shape index (κ3) is 1.83. The second-order valence-electron chi connectivity index (χ2n) is 3.83. The highest BCUT2D eigenvalue weighted by Crippen LogP contribution is 2.37. The van der Waals surface area contributed by atoms with Gasteiger partial charge in [-0.3, -0.25) is 4.98 Å². The standard InChI is InChI=1S/C12H11Cl2FN2/c1-5-6(2)17-8-4-7(13)11(15)10(14)9(8)12(5)16-3/h4H,1-3H3,(H,16,17). The number of fused-ring (bicyclic) bond motifs is 1. The number of rotatable bonds is 1. The summed E-state index contributed by atoms with van der Waals surface area (Å²) in [5, 5.41) is 3.59. The van der Waals surface area contributed by atoms with Gasteiger partial charge >= 0.3 is 0 Å². The number of anilines is 1. The normalized spacial score (nSPS) is 10.9. The van der Waals surface area contributed by atoms with Crippen LogP contribution in [0.3, 0.4) is 0 Å². The molecule has 17 heavy (non-hydrogen) atoms. The predicted octanol–water partition coefficient (Wildman–Crippen LogP) is 4.34. The fraction of sp³-hybridized carbons (Fsp3) is 0.250. The van der Waals surface area contributed by atoms with Crippen LogP contribution in [-0.2, 0) is 0 Å². The Labute approximate surface area is 109 Å². The summed E-state index contributed by atoms with van der Waals surface area (Å²) < 4.78 is 13.7. The molecule has 5 heteroatoms. The number of halogens is 3. The highest BCUT2D eigenvalue weighted by atomic mass is 35.5. The van der Waals surface area contributed by atoms with E-state index >= 15 is 0 Å². The van der Waals surface area contributed by atoms with Crippen LogP contribution in [-0.4, -0.2) is 12.0 Å². The molecule has 2 rings (SSSR count). The Kier molecular flexibility index (Phi) is 3.15. The van der Waals surface area contributed by atoms with E-state index in [4.69, 9.17) is 23.2 Å². The summed E-state index contributed by atoms with van der Waals surface area (Å²) in [4.78, 5) is 4.37. The molecule has 2 aromatic rings.